The Kier molecular flexibility index (Phi) is 5.95. The maximum Gasteiger partial charge on any atom is 0.240 e. The molecule has 84 valence electrons. The number of hydrogen-bond donors (Lipinski definition) is 2. The van der Waals surface area contributed by atoms with Crippen LogP contribution in [0.5, 0.6) is 0 Å². The van der Waals surface area contributed by atoms with Crippen LogP contribution in [-0.2, 0) is 15.6 Å². The maximum atomic E-state index is 11.6. The standard InChI is InChI=1S/C9H20N2O2S/c1-4-9(10,5-2)8(12)11-6-7-14(3)13/h4-7,10H2,1-3H3,(H,11,12). The third kappa shape index (κ3) is 4.19. The van der Waals surface area contributed by atoms with E-state index in [4.69, 9.17) is 5.73 Å². The number of carbonyl (C=O) groups excluding carboxylic acids is 1. The normalized spacial score (nSPS) is 13.7. The number of hydrogen-bond acceptors (Lipinski definition) is 3. The van der Waals surface area contributed by atoms with Gasteiger partial charge in [0.05, 0.1) is 5.54 Å². The molecule has 3 N–H and O–H groups in total. The Morgan fingerprint density at radius 2 is 1.93 bits per heavy atom. The van der Waals surface area contributed by atoms with Crippen LogP contribution < -0.4 is 11.1 Å². The van der Waals surface area contributed by atoms with Crippen molar-refractivity contribution in [1.29, 1.82) is 0 Å². The molecule has 0 aromatic carbocycles. The van der Waals surface area contributed by atoms with Crippen LogP contribution in [0.4, 0.5) is 0 Å². The van der Waals surface area contributed by atoms with Crippen LogP contribution in [0.25, 0.3) is 0 Å². The Bertz CT molecular complexity index is 215. The van der Waals surface area contributed by atoms with Crippen molar-refractivity contribution in [3.8, 4) is 0 Å². The van der Waals surface area contributed by atoms with Crippen molar-refractivity contribution in [2.24, 2.45) is 5.73 Å². The Hall–Kier alpha value is -0.420. The first kappa shape index (κ1) is 13.6. The number of nitrogens with two attached hydrogens (primary N) is 1. The third-order valence-electron chi connectivity index (χ3n) is 2.39. The van der Waals surface area contributed by atoms with E-state index < -0.39 is 16.3 Å². The molecule has 4 nitrogen and oxygen atoms in total. The Labute approximate surface area is 88.1 Å². The van der Waals surface area contributed by atoms with E-state index in [1.165, 1.54) is 0 Å². The molecule has 0 aliphatic rings. The average Bonchev–Trinajstić information content (AvgIpc) is 2.15. The SMILES string of the molecule is CCC(N)(CC)C(=O)NCCS(C)=O. The Morgan fingerprint density at radius 1 is 1.43 bits per heavy atom. The molecule has 0 aromatic rings. The van der Waals surface area contributed by atoms with Crippen LogP contribution >= 0.6 is 0 Å². The molecule has 0 radical (unpaired) electrons. The fourth-order valence-electron chi connectivity index (χ4n) is 1.06. The van der Waals surface area contributed by atoms with Crippen molar-refractivity contribution in [3.63, 3.8) is 0 Å². The van der Waals surface area contributed by atoms with E-state index in [1.807, 2.05) is 13.8 Å². The van der Waals surface area contributed by atoms with Gasteiger partial charge in [-0.2, -0.15) is 0 Å². The second kappa shape index (κ2) is 6.14. The lowest BCUT2D eigenvalue weighted by Gasteiger charge is -2.24. The quantitative estimate of drug-likeness (QED) is 0.662. The molecule has 0 spiro atoms. The second-order valence-electron chi connectivity index (χ2n) is 3.40. The third-order valence-corrected chi connectivity index (χ3v) is 3.17. The summed E-state index contributed by atoms with van der Waals surface area (Å²) in [5, 5.41) is 2.70. The van der Waals surface area contributed by atoms with Gasteiger partial charge in [-0.05, 0) is 12.8 Å². The molecule has 14 heavy (non-hydrogen) atoms. The highest BCUT2D eigenvalue weighted by molar-refractivity contribution is 7.84. The van der Waals surface area contributed by atoms with Crippen LogP contribution in [0.1, 0.15) is 26.7 Å². The van der Waals surface area contributed by atoms with Gasteiger partial charge in [0, 0.05) is 29.4 Å². The van der Waals surface area contributed by atoms with Crippen molar-refractivity contribution in [1.82, 2.24) is 5.32 Å². The van der Waals surface area contributed by atoms with Gasteiger partial charge in [0.2, 0.25) is 5.91 Å². The van der Waals surface area contributed by atoms with Crippen molar-refractivity contribution in [3.05, 3.63) is 0 Å². The van der Waals surface area contributed by atoms with Gasteiger partial charge in [-0.25, -0.2) is 0 Å². The van der Waals surface area contributed by atoms with Crippen molar-refractivity contribution >= 4 is 16.7 Å². The van der Waals surface area contributed by atoms with Crippen LogP contribution in [-0.4, -0.2) is 34.2 Å². The van der Waals surface area contributed by atoms with Crippen molar-refractivity contribution in [2.75, 3.05) is 18.6 Å². The Morgan fingerprint density at radius 3 is 2.29 bits per heavy atom. The van der Waals surface area contributed by atoms with Gasteiger partial charge < -0.3 is 11.1 Å². The average molecular weight is 220 g/mol. The van der Waals surface area contributed by atoms with Gasteiger partial charge in [0.1, 0.15) is 0 Å². The summed E-state index contributed by atoms with van der Waals surface area (Å²) in [6.07, 6.45) is 2.84. The number of nitrogens with one attached hydrogen (secondary N) is 1. The van der Waals surface area contributed by atoms with Crippen LogP contribution in [0.2, 0.25) is 0 Å². The number of amides is 1. The zero-order chi connectivity index (χ0) is 11.2. The summed E-state index contributed by atoms with van der Waals surface area (Å²) in [7, 11) is -0.868. The second-order valence-corrected chi connectivity index (χ2v) is 4.95. The summed E-state index contributed by atoms with van der Waals surface area (Å²) in [6, 6.07) is 0. The van der Waals surface area contributed by atoms with E-state index in [9.17, 15) is 9.00 Å². The molecule has 0 aliphatic heterocycles. The predicted molar refractivity (Wildman–Crippen MR) is 59.4 cm³/mol. The summed E-state index contributed by atoms with van der Waals surface area (Å²) in [4.78, 5) is 11.6. The molecule has 1 amide bonds. The van der Waals surface area contributed by atoms with Crippen molar-refractivity contribution < 1.29 is 9.00 Å². The van der Waals surface area contributed by atoms with E-state index in [1.54, 1.807) is 6.26 Å². The molecule has 0 saturated carbocycles. The molecular formula is C9H20N2O2S. The molecule has 0 aliphatic carbocycles. The minimum absolute atomic E-state index is 0.145. The first-order valence-electron chi connectivity index (χ1n) is 4.83. The largest absolute Gasteiger partial charge is 0.354 e. The molecule has 0 aromatic heterocycles. The summed E-state index contributed by atoms with van der Waals surface area (Å²) in [5.41, 5.74) is 5.10. The van der Waals surface area contributed by atoms with E-state index in [-0.39, 0.29) is 5.91 Å². The van der Waals surface area contributed by atoms with Crippen LogP contribution in [0.3, 0.4) is 0 Å². The predicted octanol–water partition coefficient (Wildman–Crippen LogP) is -0.00140. The smallest absolute Gasteiger partial charge is 0.240 e. The Balaban J connectivity index is 4.00. The first-order chi connectivity index (χ1) is 6.46. The summed E-state index contributed by atoms with van der Waals surface area (Å²) in [6.45, 7) is 4.21. The van der Waals surface area contributed by atoms with E-state index >= 15 is 0 Å². The topological polar surface area (TPSA) is 72.2 Å². The maximum absolute atomic E-state index is 11.6. The van der Waals surface area contributed by atoms with Gasteiger partial charge in [-0.1, -0.05) is 13.8 Å². The fourth-order valence-corrected chi connectivity index (χ4v) is 1.44. The number of rotatable bonds is 6. The summed E-state index contributed by atoms with van der Waals surface area (Å²) in [5.74, 6) is 0.336. The van der Waals surface area contributed by atoms with E-state index in [2.05, 4.69) is 5.32 Å². The lowest BCUT2D eigenvalue weighted by atomic mass is 9.93. The number of carbonyl (C=O) groups is 1. The molecule has 1 atom stereocenters. The molecule has 0 heterocycles. The monoisotopic (exact) mass is 220 g/mol. The molecule has 0 fully saturated rings. The molecule has 0 saturated heterocycles. The van der Waals surface area contributed by atoms with Crippen LogP contribution in [0.15, 0.2) is 0 Å². The first-order valence-corrected chi connectivity index (χ1v) is 6.56. The summed E-state index contributed by atoms with van der Waals surface area (Å²) < 4.78 is 10.7. The highest BCUT2D eigenvalue weighted by Gasteiger charge is 2.29. The minimum Gasteiger partial charge on any atom is -0.354 e. The zero-order valence-corrected chi connectivity index (χ0v) is 9.95. The zero-order valence-electron chi connectivity index (χ0n) is 9.13. The lowest BCUT2D eigenvalue weighted by Crippen LogP contribution is -2.53. The minimum atomic E-state index is -0.868. The molecule has 0 bridgehead atoms. The van der Waals surface area contributed by atoms with Gasteiger partial charge in [0.15, 0.2) is 0 Å². The van der Waals surface area contributed by atoms with E-state index in [0.717, 1.165) is 0 Å². The molecule has 5 heteroatoms. The summed E-state index contributed by atoms with van der Waals surface area (Å²) >= 11 is 0. The van der Waals surface area contributed by atoms with Crippen molar-refractivity contribution in [2.45, 2.75) is 32.2 Å². The lowest BCUT2D eigenvalue weighted by molar-refractivity contribution is -0.126. The van der Waals surface area contributed by atoms with Gasteiger partial charge in [-0.15, -0.1) is 0 Å². The van der Waals surface area contributed by atoms with Gasteiger partial charge >= 0.3 is 0 Å². The van der Waals surface area contributed by atoms with Gasteiger partial charge in [0.25, 0.3) is 0 Å². The molecule has 0 rings (SSSR count). The van der Waals surface area contributed by atoms with Crippen LogP contribution in [0, 0.1) is 0 Å². The van der Waals surface area contributed by atoms with Gasteiger partial charge in [-0.3, -0.25) is 9.00 Å². The molecule has 1 unspecified atom stereocenters. The molecular weight excluding hydrogens is 200 g/mol. The fraction of sp³-hybridized carbons (Fsp3) is 0.889. The van der Waals surface area contributed by atoms with E-state index in [0.29, 0.717) is 25.1 Å². The highest BCUT2D eigenvalue weighted by atomic mass is 32.2. The highest BCUT2D eigenvalue weighted by Crippen LogP contribution is 2.10.